The molecule has 1 saturated carbocycles. The summed E-state index contributed by atoms with van der Waals surface area (Å²) in [5, 5.41) is 0. The average molecular weight is 291 g/mol. The second kappa shape index (κ2) is 7.17. The van der Waals surface area contributed by atoms with Gasteiger partial charge in [-0.05, 0) is 56.1 Å². The fraction of sp³-hybridized carbons (Fsp3) is 0.667. The summed E-state index contributed by atoms with van der Waals surface area (Å²) < 4.78 is 11.8. The van der Waals surface area contributed by atoms with Gasteiger partial charge in [0.15, 0.2) is 11.5 Å². The zero-order valence-electron chi connectivity index (χ0n) is 13.8. The maximum atomic E-state index is 6.35. The van der Waals surface area contributed by atoms with E-state index < -0.39 is 0 Å². The van der Waals surface area contributed by atoms with E-state index in [-0.39, 0.29) is 6.04 Å². The van der Waals surface area contributed by atoms with Crippen LogP contribution in [0.5, 0.6) is 11.5 Å². The first-order chi connectivity index (χ1) is 10.0. The highest BCUT2D eigenvalue weighted by atomic mass is 16.5. The Morgan fingerprint density at radius 3 is 2.62 bits per heavy atom. The van der Waals surface area contributed by atoms with Crippen LogP contribution in [0.1, 0.15) is 45.6 Å². The van der Waals surface area contributed by atoms with Crippen LogP contribution in [0.25, 0.3) is 0 Å². The lowest BCUT2D eigenvalue weighted by Gasteiger charge is -2.33. The molecule has 3 nitrogen and oxygen atoms in total. The van der Waals surface area contributed by atoms with Crippen molar-refractivity contribution >= 4 is 0 Å². The first kappa shape index (κ1) is 16.2. The Labute approximate surface area is 128 Å². The summed E-state index contributed by atoms with van der Waals surface area (Å²) in [6.07, 6.45) is 4.59. The molecule has 21 heavy (non-hydrogen) atoms. The summed E-state index contributed by atoms with van der Waals surface area (Å²) in [6.45, 7) is 6.68. The van der Waals surface area contributed by atoms with E-state index >= 15 is 0 Å². The van der Waals surface area contributed by atoms with Gasteiger partial charge in [0.25, 0.3) is 0 Å². The van der Waals surface area contributed by atoms with Crippen LogP contribution in [0.15, 0.2) is 18.2 Å². The predicted molar refractivity (Wildman–Crippen MR) is 86.9 cm³/mol. The normalized spacial score (nSPS) is 27.2. The molecule has 1 aliphatic rings. The molecule has 0 spiro atoms. The molecule has 0 heterocycles. The van der Waals surface area contributed by atoms with E-state index in [0.717, 1.165) is 48.2 Å². The molecule has 0 aliphatic heterocycles. The molecule has 1 aromatic rings. The lowest BCUT2D eigenvalue weighted by atomic mass is 9.80. The van der Waals surface area contributed by atoms with E-state index in [2.05, 4.69) is 19.9 Å². The maximum Gasteiger partial charge on any atom is 0.164 e. The van der Waals surface area contributed by atoms with E-state index in [0.29, 0.717) is 6.10 Å². The quantitative estimate of drug-likeness (QED) is 0.897. The summed E-state index contributed by atoms with van der Waals surface area (Å²) in [4.78, 5) is 0. The molecule has 0 saturated heterocycles. The maximum absolute atomic E-state index is 6.35. The molecule has 2 N–H and O–H groups in total. The predicted octanol–water partition coefficient (Wildman–Crippen LogP) is 3.79. The van der Waals surface area contributed by atoms with Gasteiger partial charge in [-0.1, -0.05) is 26.0 Å². The Balaban J connectivity index is 2.17. The number of hydrogen-bond donors (Lipinski definition) is 1. The highest BCUT2D eigenvalue weighted by Crippen LogP contribution is 2.37. The summed E-state index contributed by atoms with van der Waals surface area (Å²) in [5.41, 5.74) is 7.11. The van der Waals surface area contributed by atoms with Crippen molar-refractivity contribution in [1.29, 1.82) is 0 Å². The Kier molecular flexibility index (Phi) is 5.51. The van der Waals surface area contributed by atoms with Crippen molar-refractivity contribution in [1.82, 2.24) is 0 Å². The lowest BCUT2D eigenvalue weighted by molar-refractivity contribution is 0.0966. The van der Waals surface area contributed by atoms with E-state index in [1.165, 1.54) is 6.42 Å². The molecule has 1 fully saturated rings. The van der Waals surface area contributed by atoms with Gasteiger partial charge < -0.3 is 15.2 Å². The Hall–Kier alpha value is -1.22. The van der Waals surface area contributed by atoms with Crippen molar-refractivity contribution in [2.24, 2.45) is 17.6 Å². The molecule has 2 rings (SSSR count). The molecule has 1 aromatic carbocycles. The van der Waals surface area contributed by atoms with Gasteiger partial charge in [0.05, 0.1) is 13.2 Å². The van der Waals surface area contributed by atoms with Crippen molar-refractivity contribution in [2.75, 3.05) is 7.11 Å². The molecule has 0 aromatic heterocycles. The van der Waals surface area contributed by atoms with Crippen LogP contribution in [0.4, 0.5) is 0 Å². The smallest absolute Gasteiger partial charge is 0.164 e. The fourth-order valence-corrected chi connectivity index (χ4v) is 3.14. The third-order valence-corrected chi connectivity index (χ3v) is 4.66. The van der Waals surface area contributed by atoms with Gasteiger partial charge in [-0.15, -0.1) is 0 Å². The minimum atomic E-state index is 0.116. The standard InChI is InChI=1S/C18H29NO2/c1-12-8-9-16(10-13(12)2)21-18-15(11-14(3)19)6-5-7-17(18)20-4/h5-7,12-14,16H,8-11,19H2,1-4H3. The minimum Gasteiger partial charge on any atom is -0.493 e. The van der Waals surface area contributed by atoms with Crippen molar-refractivity contribution in [3.63, 3.8) is 0 Å². The van der Waals surface area contributed by atoms with Crippen LogP contribution in [0.2, 0.25) is 0 Å². The largest absolute Gasteiger partial charge is 0.493 e. The molecule has 0 radical (unpaired) electrons. The van der Waals surface area contributed by atoms with Crippen LogP contribution in [-0.2, 0) is 6.42 Å². The summed E-state index contributed by atoms with van der Waals surface area (Å²) in [6, 6.07) is 6.18. The van der Waals surface area contributed by atoms with E-state index in [4.69, 9.17) is 15.2 Å². The van der Waals surface area contributed by atoms with Crippen molar-refractivity contribution in [3.05, 3.63) is 23.8 Å². The first-order valence-electron chi connectivity index (χ1n) is 8.09. The van der Waals surface area contributed by atoms with Gasteiger partial charge >= 0.3 is 0 Å². The molecule has 4 atom stereocenters. The number of nitrogens with two attached hydrogens (primary N) is 1. The number of hydrogen-bond acceptors (Lipinski definition) is 3. The number of rotatable bonds is 5. The van der Waals surface area contributed by atoms with Gasteiger partial charge in [0.1, 0.15) is 0 Å². The fourth-order valence-electron chi connectivity index (χ4n) is 3.14. The molecule has 1 aliphatic carbocycles. The Morgan fingerprint density at radius 1 is 1.24 bits per heavy atom. The van der Waals surface area contributed by atoms with E-state index in [1.54, 1.807) is 7.11 Å². The zero-order chi connectivity index (χ0) is 15.4. The number of methoxy groups -OCH3 is 1. The van der Waals surface area contributed by atoms with Gasteiger partial charge in [-0.3, -0.25) is 0 Å². The number of ether oxygens (including phenoxy) is 2. The van der Waals surface area contributed by atoms with Crippen LogP contribution < -0.4 is 15.2 Å². The minimum absolute atomic E-state index is 0.116. The van der Waals surface area contributed by atoms with Crippen molar-refractivity contribution < 1.29 is 9.47 Å². The Morgan fingerprint density at radius 2 is 2.00 bits per heavy atom. The monoisotopic (exact) mass is 291 g/mol. The third kappa shape index (κ3) is 4.13. The van der Waals surface area contributed by atoms with E-state index in [1.807, 2.05) is 19.1 Å². The molecule has 3 heteroatoms. The van der Waals surface area contributed by atoms with Gasteiger partial charge in [-0.2, -0.15) is 0 Å². The van der Waals surface area contributed by atoms with E-state index in [9.17, 15) is 0 Å². The average Bonchev–Trinajstić information content (AvgIpc) is 2.44. The molecule has 4 unspecified atom stereocenters. The zero-order valence-corrected chi connectivity index (χ0v) is 13.8. The third-order valence-electron chi connectivity index (χ3n) is 4.66. The second-order valence-electron chi connectivity index (χ2n) is 6.64. The SMILES string of the molecule is COc1cccc(CC(C)N)c1OC1CCC(C)C(C)C1. The lowest BCUT2D eigenvalue weighted by Crippen LogP contribution is -2.29. The highest BCUT2D eigenvalue weighted by molar-refractivity contribution is 5.47. The first-order valence-corrected chi connectivity index (χ1v) is 8.09. The van der Waals surface area contributed by atoms with Gasteiger partial charge in [-0.25, -0.2) is 0 Å². The van der Waals surface area contributed by atoms with Crippen LogP contribution in [-0.4, -0.2) is 19.3 Å². The van der Waals surface area contributed by atoms with Gasteiger partial charge in [0.2, 0.25) is 0 Å². The van der Waals surface area contributed by atoms with Crippen LogP contribution in [0.3, 0.4) is 0 Å². The molecular formula is C18H29NO2. The topological polar surface area (TPSA) is 44.5 Å². The highest BCUT2D eigenvalue weighted by Gasteiger charge is 2.27. The summed E-state index contributed by atoms with van der Waals surface area (Å²) >= 11 is 0. The van der Waals surface area contributed by atoms with Crippen LogP contribution in [0, 0.1) is 11.8 Å². The molecule has 118 valence electrons. The molecular weight excluding hydrogens is 262 g/mol. The molecule has 0 bridgehead atoms. The number of para-hydroxylation sites is 1. The van der Waals surface area contributed by atoms with Crippen molar-refractivity contribution in [2.45, 2.75) is 58.6 Å². The summed E-state index contributed by atoms with van der Waals surface area (Å²) in [5.74, 6) is 3.23. The number of benzene rings is 1. The van der Waals surface area contributed by atoms with Gasteiger partial charge in [0, 0.05) is 6.04 Å². The Bertz CT molecular complexity index is 459. The second-order valence-corrected chi connectivity index (χ2v) is 6.64. The summed E-state index contributed by atoms with van der Waals surface area (Å²) in [7, 11) is 1.70. The molecule has 0 amide bonds. The van der Waals surface area contributed by atoms with Crippen LogP contribution >= 0.6 is 0 Å². The van der Waals surface area contributed by atoms with Crippen molar-refractivity contribution in [3.8, 4) is 11.5 Å².